The number of fused-ring (bicyclic) bond motifs is 1. The molecule has 1 amide bonds. The molecule has 27 heavy (non-hydrogen) atoms. The highest BCUT2D eigenvalue weighted by molar-refractivity contribution is 5.95. The predicted octanol–water partition coefficient (Wildman–Crippen LogP) is 4.27. The number of halogens is 1. The van der Waals surface area contributed by atoms with Gasteiger partial charge in [0.1, 0.15) is 5.52 Å². The van der Waals surface area contributed by atoms with E-state index in [2.05, 4.69) is 10.3 Å². The van der Waals surface area contributed by atoms with Crippen LogP contribution in [0.25, 0.3) is 16.7 Å². The van der Waals surface area contributed by atoms with E-state index in [1.54, 1.807) is 30.5 Å². The van der Waals surface area contributed by atoms with Crippen LogP contribution in [0.4, 0.5) is 10.3 Å². The quantitative estimate of drug-likeness (QED) is 0.825. The molecule has 1 aromatic heterocycles. The molecule has 1 aliphatic rings. The Hall–Kier alpha value is -2.47. The molecule has 144 valence electrons. The Labute approximate surface area is 158 Å². The Bertz CT molecular complexity index is 956. The molecule has 5 nitrogen and oxygen atoms in total. The van der Waals surface area contributed by atoms with Gasteiger partial charge in [-0.15, -0.1) is 0 Å². The first-order chi connectivity index (χ1) is 12.4. The molecular weight excluding hydrogens is 345 g/mol. The van der Waals surface area contributed by atoms with E-state index in [4.69, 9.17) is 0 Å². The van der Waals surface area contributed by atoms with Crippen molar-refractivity contribution in [3.05, 3.63) is 41.7 Å². The van der Waals surface area contributed by atoms with Crippen molar-refractivity contribution >= 4 is 28.6 Å². The van der Waals surface area contributed by atoms with Crippen LogP contribution >= 0.6 is 0 Å². The first-order valence-electron chi connectivity index (χ1n) is 9.05. The van der Waals surface area contributed by atoms with Gasteiger partial charge in [0.25, 0.3) is 0 Å². The van der Waals surface area contributed by atoms with Crippen LogP contribution in [0.5, 0.6) is 0 Å². The number of aliphatic hydroxyl groups is 1. The third-order valence-corrected chi connectivity index (χ3v) is 4.19. The van der Waals surface area contributed by atoms with Crippen LogP contribution in [0, 0.1) is 11.2 Å². The molecule has 6 heteroatoms. The number of nitrogens with one attached hydrogen (secondary N) is 1. The zero-order chi connectivity index (χ0) is 20.0. The first-order valence-corrected chi connectivity index (χ1v) is 9.05. The SMILES string of the molecule is CC(C)(C)CC(=O)Nc1nc2ccc(CC(C)(C)O)c(F)c2n1C1=CC=C1. The van der Waals surface area contributed by atoms with E-state index >= 15 is 4.39 Å². The van der Waals surface area contributed by atoms with Crippen molar-refractivity contribution in [2.24, 2.45) is 5.41 Å². The number of amides is 1. The molecule has 0 bridgehead atoms. The molecule has 2 N–H and O–H groups in total. The Morgan fingerprint density at radius 1 is 1.26 bits per heavy atom. The van der Waals surface area contributed by atoms with Crippen molar-refractivity contribution < 1.29 is 14.3 Å². The minimum absolute atomic E-state index is 0.165. The molecule has 0 saturated carbocycles. The molecule has 0 fully saturated rings. The number of anilines is 1. The topological polar surface area (TPSA) is 67.2 Å². The third kappa shape index (κ3) is 4.27. The van der Waals surface area contributed by atoms with E-state index in [0.29, 0.717) is 29.0 Å². The van der Waals surface area contributed by atoms with Crippen LogP contribution in [-0.2, 0) is 11.2 Å². The lowest BCUT2D eigenvalue weighted by atomic mass is 9.92. The fraction of sp³-hybridized carbons (Fsp3) is 0.429. The molecular formula is C21H26FN3O2. The third-order valence-electron chi connectivity index (χ3n) is 4.19. The Morgan fingerprint density at radius 3 is 2.44 bits per heavy atom. The van der Waals surface area contributed by atoms with E-state index in [0.717, 1.165) is 5.70 Å². The second-order valence-corrected chi connectivity index (χ2v) is 8.90. The summed E-state index contributed by atoms with van der Waals surface area (Å²) in [7, 11) is 0. The molecule has 0 spiro atoms. The Balaban J connectivity index is 2.07. The minimum Gasteiger partial charge on any atom is -0.390 e. The number of allylic oxidation sites excluding steroid dienone is 4. The lowest BCUT2D eigenvalue weighted by Crippen LogP contribution is -2.23. The van der Waals surface area contributed by atoms with Gasteiger partial charge < -0.3 is 5.11 Å². The summed E-state index contributed by atoms with van der Waals surface area (Å²) in [5.74, 6) is -0.297. The number of nitrogens with zero attached hydrogens (tertiary/aromatic N) is 2. The first kappa shape index (κ1) is 19.3. The lowest BCUT2D eigenvalue weighted by molar-refractivity contribution is -0.117. The fourth-order valence-corrected chi connectivity index (χ4v) is 3.09. The van der Waals surface area contributed by atoms with E-state index in [1.807, 2.05) is 39.0 Å². The van der Waals surface area contributed by atoms with Gasteiger partial charge in [-0.3, -0.25) is 14.7 Å². The van der Waals surface area contributed by atoms with Gasteiger partial charge in [-0.1, -0.05) is 32.9 Å². The summed E-state index contributed by atoms with van der Waals surface area (Å²) < 4.78 is 16.9. The van der Waals surface area contributed by atoms with Crippen LogP contribution in [0.1, 0.15) is 46.6 Å². The van der Waals surface area contributed by atoms with E-state index in [9.17, 15) is 9.90 Å². The summed E-state index contributed by atoms with van der Waals surface area (Å²) in [6.45, 7) is 9.23. The highest BCUT2D eigenvalue weighted by atomic mass is 19.1. The standard InChI is InChI=1S/C21H26FN3O2/c1-20(2,3)12-16(26)24-19-23-15-10-9-13(11-21(4,5)27)17(22)18(15)25(19)14-7-6-8-14/h6-10,27H,11-12H2,1-5H3,(H,23,24,26). The van der Waals surface area contributed by atoms with Crippen LogP contribution in [0.15, 0.2) is 30.4 Å². The van der Waals surface area contributed by atoms with E-state index in [1.165, 1.54) is 0 Å². The number of hydrogen-bond acceptors (Lipinski definition) is 3. The second kappa shape index (κ2) is 6.60. The summed E-state index contributed by atoms with van der Waals surface area (Å²) in [6, 6.07) is 3.36. The number of hydrogen-bond donors (Lipinski definition) is 2. The molecule has 3 rings (SSSR count). The minimum atomic E-state index is -1.03. The normalized spacial score (nSPS) is 14.3. The largest absolute Gasteiger partial charge is 0.390 e. The molecule has 1 aliphatic carbocycles. The number of carbonyl (C=O) groups is 1. The number of aromatic nitrogens is 2. The maximum atomic E-state index is 15.3. The monoisotopic (exact) mass is 371 g/mol. The molecule has 0 saturated heterocycles. The van der Waals surface area contributed by atoms with E-state index < -0.39 is 11.4 Å². The summed E-state index contributed by atoms with van der Waals surface area (Å²) in [4.78, 5) is 16.8. The van der Waals surface area contributed by atoms with Gasteiger partial charge in [-0.05, 0) is 43.0 Å². The smallest absolute Gasteiger partial charge is 0.227 e. The van der Waals surface area contributed by atoms with Gasteiger partial charge in [0, 0.05) is 18.5 Å². The van der Waals surface area contributed by atoms with Gasteiger partial charge in [-0.25, -0.2) is 9.37 Å². The van der Waals surface area contributed by atoms with Crippen LogP contribution < -0.4 is 5.32 Å². The zero-order valence-corrected chi connectivity index (χ0v) is 16.4. The van der Waals surface area contributed by atoms with Gasteiger partial charge >= 0.3 is 0 Å². The zero-order valence-electron chi connectivity index (χ0n) is 16.4. The molecule has 1 aromatic carbocycles. The Morgan fingerprint density at radius 2 is 1.93 bits per heavy atom. The van der Waals surface area contributed by atoms with Gasteiger partial charge in [0.15, 0.2) is 5.82 Å². The number of imidazole rings is 1. The average Bonchev–Trinajstić information content (AvgIpc) is 2.76. The fourth-order valence-electron chi connectivity index (χ4n) is 3.09. The summed E-state index contributed by atoms with van der Waals surface area (Å²) in [5.41, 5.74) is 0.730. The highest BCUT2D eigenvalue weighted by Crippen LogP contribution is 2.32. The second-order valence-electron chi connectivity index (χ2n) is 8.90. The van der Waals surface area contributed by atoms with Gasteiger partial charge in [-0.2, -0.15) is 0 Å². The summed E-state index contributed by atoms with van der Waals surface area (Å²) in [6.07, 6.45) is 6.03. The van der Waals surface area contributed by atoms with Crippen molar-refractivity contribution in [1.29, 1.82) is 0 Å². The van der Waals surface area contributed by atoms with Crippen molar-refractivity contribution in [1.82, 2.24) is 9.55 Å². The van der Waals surface area contributed by atoms with Crippen molar-refractivity contribution in [3.8, 4) is 0 Å². The summed E-state index contributed by atoms with van der Waals surface area (Å²) >= 11 is 0. The highest BCUT2D eigenvalue weighted by Gasteiger charge is 2.25. The number of carbonyl (C=O) groups excluding carboxylic acids is 1. The van der Waals surface area contributed by atoms with Crippen LogP contribution in [0.3, 0.4) is 0 Å². The van der Waals surface area contributed by atoms with Gasteiger partial charge in [0.2, 0.25) is 11.9 Å². The van der Waals surface area contributed by atoms with Crippen molar-refractivity contribution in [2.45, 2.75) is 53.1 Å². The number of benzene rings is 1. The van der Waals surface area contributed by atoms with Crippen LogP contribution in [0.2, 0.25) is 0 Å². The summed E-state index contributed by atoms with van der Waals surface area (Å²) in [5, 5.41) is 12.9. The van der Waals surface area contributed by atoms with Gasteiger partial charge in [0.05, 0.1) is 11.1 Å². The lowest BCUT2D eigenvalue weighted by Gasteiger charge is -2.19. The molecule has 2 aromatic rings. The molecule has 0 unspecified atom stereocenters. The number of rotatable bonds is 5. The maximum absolute atomic E-state index is 15.3. The molecule has 0 atom stereocenters. The van der Waals surface area contributed by atoms with Crippen molar-refractivity contribution in [2.75, 3.05) is 5.32 Å². The Kier molecular flexibility index (Phi) is 4.72. The molecule has 1 heterocycles. The maximum Gasteiger partial charge on any atom is 0.227 e. The average molecular weight is 371 g/mol. The predicted molar refractivity (Wildman–Crippen MR) is 106 cm³/mol. The molecule has 0 radical (unpaired) electrons. The van der Waals surface area contributed by atoms with E-state index in [-0.39, 0.29) is 17.7 Å². The molecule has 0 aliphatic heterocycles. The van der Waals surface area contributed by atoms with Crippen LogP contribution in [-0.4, -0.2) is 26.2 Å². The van der Waals surface area contributed by atoms with Crippen molar-refractivity contribution in [3.63, 3.8) is 0 Å².